The van der Waals surface area contributed by atoms with Crippen LogP contribution in [0, 0.1) is 0 Å². The molecule has 3 aromatic rings. The van der Waals surface area contributed by atoms with Crippen molar-refractivity contribution in [2.75, 3.05) is 34.5 Å². The molecule has 140 valence electrons. The lowest BCUT2D eigenvalue weighted by atomic mass is 10.3. The van der Waals surface area contributed by atoms with Gasteiger partial charge >= 0.3 is 0 Å². The van der Waals surface area contributed by atoms with Crippen molar-refractivity contribution in [2.24, 2.45) is 0 Å². The average Bonchev–Trinajstić information content (AvgIpc) is 2.62. The largest absolute Gasteiger partial charge is 0.399 e. The van der Waals surface area contributed by atoms with Crippen molar-refractivity contribution < 1.29 is 8.42 Å². The van der Waals surface area contributed by atoms with Crippen molar-refractivity contribution in [3.8, 4) is 0 Å². The standard InChI is InChI=1S/C16H18N8O2S/c17-10-1-5-12(6-2-10)27(25,26)13-7-3-11(4-8-13)20-9-21-16-23-14(18)22-15(19)24-16/h1-8,20H,9,17H2,(H5,18,19,21,22,23,24). The van der Waals surface area contributed by atoms with Gasteiger partial charge in [0.25, 0.3) is 0 Å². The Bertz CT molecular complexity index is 1020. The van der Waals surface area contributed by atoms with Crippen molar-refractivity contribution in [2.45, 2.75) is 9.79 Å². The summed E-state index contributed by atoms with van der Waals surface area (Å²) in [5.41, 5.74) is 17.8. The minimum Gasteiger partial charge on any atom is -0.399 e. The van der Waals surface area contributed by atoms with Gasteiger partial charge in [0.05, 0.1) is 16.5 Å². The summed E-state index contributed by atoms with van der Waals surface area (Å²) in [7, 11) is -3.60. The predicted octanol–water partition coefficient (Wildman–Crippen LogP) is 0.933. The fourth-order valence-electron chi connectivity index (χ4n) is 2.25. The number of hydrogen-bond acceptors (Lipinski definition) is 10. The number of aromatic nitrogens is 3. The van der Waals surface area contributed by atoms with Gasteiger partial charge in [-0.15, -0.1) is 0 Å². The number of rotatable bonds is 6. The summed E-state index contributed by atoms with van der Waals surface area (Å²) >= 11 is 0. The lowest BCUT2D eigenvalue weighted by molar-refractivity contribution is 0.596. The zero-order valence-corrected chi connectivity index (χ0v) is 14.9. The van der Waals surface area contributed by atoms with E-state index in [1.165, 1.54) is 24.3 Å². The monoisotopic (exact) mass is 386 g/mol. The molecule has 0 radical (unpaired) electrons. The van der Waals surface area contributed by atoms with E-state index in [1.54, 1.807) is 24.3 Å². The van der Waals surface area contributed by atoms with Crippen molar-refractivity contribution >= 4 is 39.1 Å². The van der Waals surface area contributed by atoms with Crippen molar-refractivity contribution in [3.05, 3.63) is 48.5 Å². The number of anilines is 5. The van der Waals surface area contributed by atoms with Gasteiger partial charge in [0.15, 0.2) is 0 Å². The Morgan fingerprint density at radius 1 is 0.741 bits per heavy atom. The molecule has 0 aliphatic carbocycles. The van der Waals surface area contributed by atoms with E-state index >= 15 is 0 Å². The molecular weight excluding hydrogens is 368 g/mol. The van der Waals surface area contributed by atoms with Crippen LogP contribution in [0.2, 0.25) is 0 Å². The highest BCUT2D eigenvalue weighted by atomic mass is 32.2. The molecule has 10 nitrogen and oxygen atoms in total. The zero-order chi connectivity index (χ0) is 19.4. The molecule has 0 aliphatic heterocycles. The number of hydrogen-bond donors (Lipinski definition) is 5. The molecule has 1 aromatic heterocycles. The van der Waals surface area contributed by atoms with Crippen molar-refractivity contribution in [1.29, 1.82) is 0 Å². The Morgan fingerprint density at radius 2 is 1.26 bits per heavy atom. The van der Waals surface area contributed by atoms with E-state index in [-0.39, 0.29) is 34.3 Å². The number of nitrogens with two attached hydrogens (primary N) is 3. The van der Waals surface area contributed by atoms with Gasteiger partial charge < -0.3 is 27.8 Å². The third-order valence-corrected chi connectivity index (χ3v) is 5.35. The van der Waals surface area contributed by atoms with Gasteiger partial charge in [0.1, 0.15) is 0 Å². The molecule has 8 N–H and O–H groups in total. The molecule has 0 aliphatic rings. The molecule has 0 unspecified atom stereocenters. The second-order valence-electron chi connectivity index (χ2n) is 5.50. The predicted molar refractivity (Wildman–Crippen MR) is 104 cm³/mol. The Balaban J connectivity index is 1.65. The van der Waals surface area contributed by atoms with Gasteiger partial charge in [0, 0.05) is 11.4 Å². The molecule has 1 heterocycles. The van der Waals surface area contributed by atoms with E-state index < -0.39 is 9.84 Å². The summed E-state index contributed by atoms with van der Waals surface area (Å²) < 4.78 is 25.2. The highest BCUT2D eigenvalue weighted by Gasteiger charge is 2.17. The SMILES string of the molecule is Nc1ccc(S(=O)(=O)c2ccc(NCNc3nc(N)nc(N)n3)cc2)cc1. The summed E-state index contributed by atoms with van der Waals surface area (Å²) in [5.74, 6) is 0.263. The smallest absolute Gasteiger partial charge is 0.230 e. The summed E-state index contributed by atoms with van der Waals surface area (Å²) in [5, 5.41) is 5.94. The summed E-state index contributed by atoms with van der Waals surface area (Å²) in [6.45, 7) is 0.271. The van der Waals surface area contributed by atoms with Crippen LogP contribution < -0.4 is 27.8 Å². The van der Waals surface area contributed by atoms with Crippen molar-refractivity contribution in [1.82, 2.24) is 15.0 Å². The van der Waals surface area contributed by atoms with E-state index in [1.807, 2.05) is 0 Å². The van der Waals surface area contributed by atoms with Crippen LogP contribution in [0.25, 0.3) is 0 Å². The Morgan fingerprint density at radius 3 is 1.81 bits per heavy atom. The van der Waals surface area contributed by atoms with E-state index in [4.69, 9.17) is 17.2 Å². The van der Waals surface area contributed by atoms with Gasteiger partial charge in [-0.05, 0) is 48.5 Å². The van der Waals surface area contributed by atoms with Crippen molar-refractivity contribution in [3.63, 3.8) is 0 Å². The molecule has 11 heteroatoms. The van der Waals surface area contributed by atoms with Crippen LogP contribution in [-0.4, -0.2) is 30.0 Å². The number of benzene rings is 2. The molecule has 0 spiro atoms. The Labute approximate surface area is 155 Å². The molecule has 0 amide bonds. The number of nitrogens with zero attached hydrogens (tertiary/aromatic N) is 3. The summed E-state index contributed by atoms with van der Waals surface area (Å²) in [6, 6.07) is 12.4. The minimum absolute atomic E-state index is 0.0160. The maximum Gasteiger partial charge on any atom is 0.230 e. The quantitative estimate of drug-likeness (QED) is 0.303. The summed E-state index contributed by atoms with van der Waals surface area (Å²) in [4.78, 5) is 11.8. The summed E-state index contributed by atoms with van der Waals surface area (Å²) in [6.07, 6.45) is 0. The first-order chi connectivity index (χ1) is 12.8. The molecule has 0 atom stereocenters. The molecule has 0 bridgehead atoms. The van der Waals surface area contributed by atoms with E-state index in [0.717, 1.165) is 0 Å². The van der Waals surface area contributed by atoms with E-state index in [0.29, 0.717) is 11.4 Å². The molecule has 2 aromatic carbocycles. The van der Waals surface area contributed by atoms with Gasteiger partial charge in [0.2, 0.25) is 27.7 Å². The third kappa shape index (κ3) is 4.33. The number of nitrogen functional groups attached to an aromatic ring is 3. The van der Waals surface area contributed by atoms with Crippen LogP contribution >= 0.6 is 0 Å². The first-order valence-electron chi connectivity index (χ1n) is 7.80. The van der Waals surface area contributed by atoms with Crippen LogP contribution in [0.4, 0.5) is 29.2 Å². The minimum atomic E-state index is -3.60. The lowest BCUT2D eigenvalue weighted by Gasteiger charge is -2.10. The average molecular weight is 386 g/mol. The number of nitrogens with one attached hydrogen (secondary N) is 2. The molecule has 3 rings (SSSR count). The normalized spacial score (nSPS) is 11.1. The maximum absolute atomic E-state index is 12.6. The molecular formula is C16H18N8O2S. The molecule has 27 heavy (non-hydrogen) atoms. The van der Waals surface area contributed by atoms with Gasteiger partial charge in [-0.2, -0.15) is 15.0 Å². The van der Waals surface area contributed by atoms with Crippen LogP contribution in [0.1, 0.15) is 0 Å². The van der Waals surface area contributed by atoms with Crippen LogP contribution in [-0.2, 0) is 9.84 Å². The van der Waals surface area contributed by atoms with Gasteiger partial charge in [-0.3, -0.25) is 0 Å². The highest BCUT2D eigenvalue weighted by molar-refractivity contribution is 7.91. The second-order valence-corrected chi connectivity index (χ2v) is 7.45. The first-order valence-corrected chi connectivity index (χ1v) is 9.28. The maximum atomic E-state index is 12.6. The van der Waals surface area contributed by atoms with Gasteiger partial charge in [-0.1, -0.05) is 0 Å². The first kappa shape index (κ1) is 18.2. The Kier molecular flexibility index (Phi) is 4.94. The fourth-order valence-corrected chi connectivity index (χ4v) is 3.51. The van der Waals surface area contributed by atoms with E-state index in [9.17, 15) is 8.42 Å². The zero-order valence-electron chi connectivity index (χ0n) is 14.1. The molecule has 0 fully saturated rings. The molecule has 0 saturated heterocycles. The Hall–Kier alpha value is -3.60. The topological polar surface area (TPSA) is 175 Å². The third-order valence-electron chi connectivity index (χ3n) is 3.56. The highest BCUT2D eigenvalue weighted by Crippen LogP contribution is 2.23. The lowest BCUT2D eigenvalue weighted by Crippen LogP contribution is -2.15. The van der Waals surface area contributed by atoms with Gasteiger partial charge in [-0.25, -0.2) is 8.42 Å². The van der Waals surface area contributed by atoms with Crippen LogP contribution in [0.15, 0.2) is 58.3 Å². The fraction of sp³-hybridized carbons (Fsp3) is 0.0625. The van der Waals surface area contributed by atoms with Crippen LogP contribution in [0.5, 0.6) is 0 Å². The number of sulfone groups is 1. The van der Waals surface area contributed by atoms with E-state index in [2.05, 4.69) is 25.6 Å². The molecule has 0 saturated carbocycles. The van der Waals surface area contributed by atoms with Crippen LogP contribution in [0.3, 0.4) is 0 Å². The second kappa shape index (κ2) is 7.33.